The van der Waals surface area contributed by atoms with E-state index in [9.17, 15) is 13.2 Å². The lowest BCUT2D eigenvalue weighted by Crippen LogP contribution is -2.29. The highest BCUT2D eigenvalue weighted by molar-refractivity contribution is 5.10. The Morgan fingerprint density at radius 2 is 2.23 bits per heavy atom. The van der Waals surface area contributed by atoms with Crippen molar-refractivity contribution in [2.24, 2.45) is 5.92 Å². The Kier molecular flexibility index (Phi) is 3.99. The normalized spacial score (nSPS) is 18.5. The van der Waals surface area contributed by atoms with E-state index in [0.29, 0.717) is 31.3 Å². The maximum Gasteiger partial charge on any atom is 0.434 e. The van der Waals surface area contributed by atoms with Crippen LogP contribution in [0.4, 0.5) is 13.2 Å². The fraction of sp³-hybridized carbons (Fsp3) is 0.533. The van der Waals surface area contributed by atoms with Gasteiger partial charge < -0.3 is 14.3 Å². The van der Waals surface area contributed by atoms with Gasteiger partial charge in [0.2, 0.25) is 0 Å². The highest BCUT2D eigenvalue weighted by atomic mass is 19.4. The Bertz CT molecular complexity index is 645. The fourth-order valence-electron chi connectivity index (χ4n) is 2.80. The molecule has 0 fully saturated rings. The predicted molar refractivity (Wildman–Crippen MR) is 74.2 cm³/mol. The molecule has 1 N–H and O–H groups in total. The average Bonchev–Trinajstić information content (AvgIpc) is 3.04. The zero-order valence-corrected chi connectivity index (χ0v) is 12.3. The topological polar surface area (TPSA) is 43.0 Å². The zero-order chi connectivity index (χ0) is 15.7. The molecule has 0 radical (unpaired) electrons. The summed E-state index contributed by atoms with van der Waals surface area (Å²) in [5.41, 5.74) is -0.790. The largest absolute Gasteiger partial charge is 0.465 e. The van der Waals surface area contributed by atoms with E-state index in [0.717, 1.165) is 30.7 Å². The molecule has 120 valence electrons. The average molecular weight is 313 g/mol. The molecule has 1 atom stereocenters. The van der Waals surface area contributed by atoms with Crippen molar-refractivity contribution in [3.63, 3.8) is 0 Å². The third kappa shape index (κ3) is 3.35. The van der Waals surface area contributed by atoms with Crippen LogP contribution in [0.2, 0.25) is 0 Å². The van der Waals surface area contributed by atoms with E-state index in [1.165, 1.54) is 0 Å². The molecule has 4 nitrogen and oxygen atoms in total. The van der Waals surface area contributed by atoms with Gasteiger partial charge in [0.15, 0.2) is 5.69 Å². The number of aromatic nitrogens is 2. The number of fused-ring (bicyclic) bond motifs is 1. The van der Waals surface area contributed by atoms with E-state index in [2.05, 4.69) is 10.3 Å². The van der Waals surface area contributed by atoms with E-state index < -0.39 is 11.9 Å². The van der Waals surface area contributed by atoms with Crippen molar-refractivity contribution in [1.29, 1.82) is 0 Å². The molecular weight excluding hydrogens is 295 g/mol. The third-order valence-electron chi connectivity index (χ3n) is 3.91. The first-order chi connectivity index (χ1) is 10.4. The number of nitrogens with zero attached hydrogens (tertiary/aromatic N) is 2. The van der Waals surface area contributed by atoms with E-state index in [4.69, 9.17) is 4.42 Å². The maximum atomic E-state index is 12.7. The minimum atomic E-state index is -4.37. The number of halogens is 3. The molecule has 0 saturated carbocycles. The van der Waals surface area contributed by atoms with Gasteiger partial charge in [0.1, 0.15) is 17.3 Å². The van der Waals surface area contributed by atoms with E-state index in [1.54, 1.807) is 4.57 Å². The summed E-state index contributed by atoms with van der Waals surface area (Å²) in [7, 11) is 0. The van der Waals surface area contributed by atoms with Crippen molar-refractivity contribution in [2.45, 2.75) is 39.0 Å². The van der Waals surface area contributed by atoms with Crippen LogP contribution in [0, 0.1) is 12.8 Å². The SMILES string of the molecule is Cc1ccc(CNC[C@@H]2CCc3nc(C(F)(F)F)cn3C2)o1. The second kappa shape index (κ2) is 5.79. The molecule has 2 aromatic rings. The van der Waals surface area contributed by atoms with Gasteiger partial charge in [0.25, 0.3) is 0 Å². The Morgan fingerprint density at radius 3 is 2.91 bits per heavy atom. The van der Waals surface area contributed by atoms with Crippen molar-refractivity contribution < 1.29 is 17.6 Å². The van der Waals surface area contributed by atoms with Crippen molar-refractivity contribution in [2.75, 3.05) is 6.54 Å². The van der Waals surface area contributed by atoms with Gasteiger partial charge in [-0.3, -0.25) is 0 Å². The van der Waals surface area contributed by atoms with E-state index in [-0.39, 0.29) is 0 Å². The molecule has 0 aliphatic carbocycles. The molecule has 3 heterocycles. The highest BCUT2D eigenvalue weighted by Gasteiger charge is 2.35. The van der Waals surface area contributed by atoms with Gasteiger partial charge >= 0.3 is 6.18 Å². The van der Waals surface area contributed by atoms with Crippen LogP contribution in [-0.4, -0.2) is 16.1 Å². The smallest absolute Gasteiger partial charge is 0.434 e. The second-order valence-electron chi connectivity index (χ2n) is 5.74. The second-order valence-corrected chi connectivity index (χ2v) is 5.74. The zero-order valence-electron chi connectivity index (χ0n) is 12.3. The van der Waals surface area contributed by atoms with Gasteiger partial charge in [0.05, 0.1) is 6.54 Å². The molecule has 1 aliphatic rings. The number of furan rings is 1. The standard InChI is InChI=1S/C15H18F3N3O/c1-10-2-4-12(22-10)7-19-6-11-3-5-14-20-13(15(16,17)18)9-21(14)8-11/h2,4,9,11,19H,3,5-8H2,1H3/t11-/m0/s1. The van der Waals surface area contributed by atoms with E-state index >= 15 is 0 Å². The van der Waals surface area contributed by atoms with Crippen LogP contribution in [0.15, 0.2) is 22.7 Å². The molecule has 0 spiro atoms. The number of nitrogens with one attached hydrogen (secondary N) is 1. The van der Waals surface area contributed by atoms with Gasteiger partial charge in [-0.25, -0.2) is 4.98 Å². The van der Waals surface area contributed by atoms with Gasteiger partial charge in [-0.2, -0.15) is 13.2 Å². The Balaban J connectivity index is 1.54. The first-order valence-electron chi connectivity index (χ1n) is 7.31. The molecule has 1 aliphatic heterocycles. The van der Waals surface area contributed by atoms with E-state index in [1.807, 2.05) is 19.1 Å². The lowest BCUT2D eigenvalue weighted by atomic mass is 9.99. The first kappa shape index (κ1) is 15.1. The number of hydrogen-bond acceptors (Lipinski definition) is 3. The summed E-state index contributed by atoms with van der Waals surface area (Å²) in [5.74, 6) is 2.58. The minimum Gasteiger partial charge on any atom is -0.465 e. The number of imidazole rings is 1. The summed E-state index contributed by atoms with van der Waals surface area (Å²) < 4.78 is 45.1. The van der Waals surface area contributed by atoms with Crippen molar-refractivity contribution in [3.8, 4) is 0 Å². The van der Waals surface area contributed by atoms with Gasteiger partial charge in [-0.15, -0.1) is 0 Å². The van der Waals surface area contributed by atoms with Crippen LogP contribution < -0.4 is 5.32 Å². The quantitative estimate of drug-likeness (QED) is 0.943. The number of aryl methyl sites for hydroxylation is 2. The number of hydrogen-bond donors (Lipinski definition) is 1. The van der Waals surface area contributed by atoms with Crippen LogP contribution in [0.25, 0.3) is 0 Å². The summed E-state index contributed by atoms with van der Waals surface area (Å²) in [6, 6.07) is 3.83. The van der Waals surface area contributed by atoms with Crippen molar-refractivity contribution in [3.05, 3.63) is 41.4 Å². The maximum absolute atomic E-state index is 12.7. The van der Waals surface area contributed by atoms with Gasteiger partial charge in [-0.05, 0) is 31.4 Å². The van der Waals surface area contributed by atoms with Crippen LogP contribution >= 0.6 is 0 Å². The van der Waals surface area contributed by atoms with Crippen molar-refractivity contribution >= 4 is 0 Å². The summed E-state index contributed by atoms with van der Waals surface area (Å²) in [4.78, 5) is 3.69. The molecule has 2 aromatic heterocycles. The summed E-state index contributed by atoms with van der Waals surface area (Å²) in [6.07, 6.45) is -1.81. The molecule has 0 amide bonds. The summed E-state index contributed by atoms with van der Waals surface area (Å²) in [5, 5.41) is 3.30. The minimum absolute atomic E-state index is 0.304. The molecule has 0 aromatic carbocycles. The summed E-state index contributed by atoms with van der Waals surface area (Å²) >= 11 is 0. The lowest BCUT2D eigenvalue weighted by Gasteiger charge is -2.23. The van der Waals surface area contributed by atoms with Gasteiger partial charge in [0, 0.05) is 25.7 Å². The predicted octanol–water partition coefficient (Wildman–Crippen LogP) is 3.16. The Morgan fingerprint density at radius 1 is 1.41 bits per heavy atom. The van der Waals surface area contributed by atoms with Crippen LogP contribution in [0.5, 0.6) is 0 Å². The molecule has 0 saturated heterocycles. The van der Waals surface area contributed by atoms with Crippen LogP contribution in [0.1, 0.15) is 29.5 Å². The first-order valence-corrected chi connectivity index (χ1v) is 7.31. The molecular formula is C15H18F3N3O. The number of alkyl halides is 3. The fourth-order valence-corrected chi connectivity index (χ4v) is 2.80. The summed E-state index contributed by atoms with van der Waals surface area (Å²) in [6.45, 7) is 3.85. The Labute approximate surface area is 126 Å². The molecule has 3 rings (SSSR count). The van der Waals surface area contributed by atoms with Crippen molar-refractivity contribution in [1.82, 2.24) is 14.9 Å². The molecule has 7 heteroatoms. The van der Waals surface area contributed by atoms with Gasteiger partial charge in [-0.1, -0.05) is 0 Å². The monoisotopic (exact) mass is 313 g/mol. The van der Waals surface area contributed by atoms with Crippen LogP contribution in [-0.2, 0) is 25.7 Å². The third-order valence-corrected chi connectivity index (χ3v) is 3.91. The lowest BCUT2D eigenvalue weighted by molar-refractivity contribution is -0.141. The molecule has 0 bridgehead atoms. The highest BCUT2D eigenvalue weighted by Crippen LogP contribution is 2.30. The molecule has 0 unspecified atom stereocenters. The Hall–Kier alpha value is -1.76. The molecule has 22 heavy (non-hydrogen) atoms. The van der Waals surface area contributed by atoms with Crippen LogP contribution in [0.3, 0.4) is 0 Å². The number of rotatable bonds is 4.